The van der Waals surface area contributed by atoms with E-state index < -0.39 is 11.7 Å². The van der Waals surface area contributed by atoms with Gasteiger partial charge in [0.25, 0.3) is 0 Å². The van der Waals surface area contributed by atoms with Crippen molar-refractivity contribution >= 4 is 5.71 Å². The Morgan fingerprint density at radius 1 is 0.848 bits per heavy atom. The maximum atomic E-state index is 12.9. The minimum atomic E-state index is -4.36. The summed E-state index contributed by atoms with van der Waals surface area (Å²) >= 11 is 0. The summed E-state index contributed by atoms with van der Waals surface area (Å²) in [5.41, 5.74) is 3.89. The summed E-state index contributed by atoms with van der Waals surface area (Å²) in [7, 11) is 0. The van der Waals surface area contributed by atoms with Crippen LogP contribution >= 0.6 is 0 Å². The smallest absolute Gasteiger partial charge is 0.347 e. The number of alkyl halides is 3. The predicted molar refractivity (Wildman–Crippen MR) is 126 cm³/mol. The van der Waals surface area contributed by atoms with Gasteiger partial charge >= 0.3 is 6.18 Å². The molecule has 33 heavy (non-hydrogen) atoms. The summed E-state index contributed by atoms with van der Waals surface area (Å²) in [5, 5.41) is 0. The van der Waals surface area contributed by atoms with Gasteiger partial charge < -0.3 is 4.90 Å². The Kier molecular flexibility index (Phi) is 5.87. The van der Waals surface area contributed by atoms with Gasteiger partial charge in [0, 0.05) is 17.3 Å². The van der Waals surface area contributed by atoms with E-state index in [-0.39, 0.29) is 11.7 Å². The third kappa shape index (κ3) is 5.00. The van der Waals surface area contributed by atoms with Crippen molar-refractivity contribution in [2.45, 2.75) is 45.6 Å². The van der Waals surface area contributed by atoms with E-state index in [1.807, 2.05) is 49.5 Å². The summed E-state index contributed by atoms with van der Waals surface area (Å²) in [6, 6.07) is 19.0. The van der Waals surface area contributed by atoms with Crippen LogP contribution in [-0.2, 0) is 6.18 Å². The van der Waals surface area contributed by atoms with Crippen LogP contribution in [0.25, 0.3) is 11.3 Å². The van der Waals surface area contributed by atoms with E-state index in [1.54, 1.807) is 0 Å². The molecule has 0 amide bonds. The number of aryl methyl sites for hydroxylation is 1. The zero-order valence-electron chi connectivity index (χ0n) is 19.1. The Morgan fingerprint density at radius 2 is 1.48 bits per heavy atom. The van der Waals surface area contributed by atoms with E-state index in [0.717, 1.165) is 29.0 Å². The zero-order chi connectivity index (χ0) is 23.8. The third-order valence-electron chi connectivity index (χ3n) is 5.53. The molecule has 0 fully saturated rings. The lowest BCUT2D eigenvalue weighted by atomic mass is 10.0. The standard InChI is InChI=1S/C27H26F3N3/c1-18-16-23(19-10-12-21(13-11-19)27(28,29)30)31-24(17-18)22-14-15-33(26(2,3)4)25(32-22)20-8-6-5-7-9-20/h5-17,25H,1-4H3. The molecule has 0 saturated heterocycles. The molecular weight excluding hydrogens is 423 g/mol. The lowest BCUT2D eigenvalue weighted by Gasteiger charge is -2.41. The quantitative estimate of drug-likeness (QED) is 0.423. The second-order valence-corrected chi connectivity index (χ2v) is 9.18. The van der Waals surface area contributed by atoms with Crippen molar-refractivity contribution in [3.8, 4) is 11.3 Å². The van der Waals surface area contributed by atoms with E-state index in [0.29, 0.717) is 17.0 Å². The minimum absolute atomic E-state index is 0.141. The molecule has 1 unspecified atom stereocenters. The van der Waals surface area contributed by atoms with E-state index in [9.17, 15) is 13.2 Å². The average molecular weight is 450 g/mol. The highest BCUT2D eigenvalue weighted by atomic mass is 19.4. The zero-order valence-corrected chi connectivity index (χ0v) is 19.1. The predicted octanol–water partition coefficient (Wildman–Crippen LogP) is 7.19. The average Bonchev–Trinajstić information content (AvgIpc) is 2.78. The van der Waals surface area contributed by atoms with Crippen LogP contribution in [-0.4, -0.2) is 21.1 Å². The van der Waals surface area contributed by atoms with E-state index >= 15 is 0 Å². The van der Waals surface area contributed by atoms with Gasteiger partial charge in [-0.05, 0) is 69.2 Å². The van der Waals surface area contributed by atoms with Crippen LogP contribution in [0.4, 0.5) is 13.2 Å². The molecule has 0 saturated carbocycles. The number of nitrogens with zero attached hydrogens (tertiary/aromatic N) is 3. The molecule has 1 aromatic heterocycles. The fourth-order valence-electron chi connectivity index (χ4n) is 3.85. The lowest BCUT2D eigenvalue weighted by Crippen LogP contribution is -2.41. The molecule has 1 aliphatic heterocycles. The molecule has 3 nitrogen and oxygen atoms in total. The van der Waals surface area contributed by atoms with Gasteiger partial charge in [0.15, 0.2) is 0 Å². The number of aromatic nitrogens is 1. The number of aliphatic imine (C=N–C) groups is 1. The highest BCUT2D eigenvalue weighted by Gasteiger charge is 2.31. The second-order valence-electron chi connectivity index (χ2n) is 9.18. The van der Waals surface area contributed by atoms with Gasteiger partial charge in [0.1, 0.15) is 6.17 Å². The molecule has 2 aromatic carbocycles. The largest absolute Gasteiger partial charge is 0.416 e. The molecule has 0 N–H and O–H groups in total. The number of benzene rings is 2. The number of hydrogen-bond donors (Lipinski definition) is 0. The molecule has 1 aliphatic rings. The maximum Gasteiger partial charge on any atom is 0.416 e. The first-order valence-corrected chi connectivity index (χ1v) is 10.8. The second kappa shape index (κ2) is 8.50. The maximum absolute atomic E-state index is 12.9. The first-order valence-electron chi connectivity index (χ1n) is 10.8. The van der Waals surface area contributed by atoms with Crippen LogP contribution in [0.15, 0.2) is 84.0 Å². The topological polar surface area (TPSA) is 28.5 Å². The lowest BCUT2D eigenvalue weighted by molar-refractivity contribution is -0.137. The molecule has 0 aliphatic carbocycles. The first-order chi connectivity index (χ1) is 15.5. The number of hydrogen-bond acceptors (Lipinski definition) is 3. The first kappa shape index (κ1) is 22.8. The van der Waals surface area contributed by atoms with Gasteiger partial charge in [-0.3, -0.25) is 4.99 Å². The number of rotatable bonds is 3. The van der Waals surface area contributed by atoms with Crippen LogP contribution < -0.4 is 0 Å². The van der Waals surface area contributed by atoms with Gasteiger partial charge in [0.05, 0.1) is 22.7 Å². The molecule has 0 bridgehead atoms. The molecule has 0 radical (unpaired) electrons. The third-order valence-corrected chi connectivity index (χ3v) is 5.53. The summed E-state index contributed by atoms with van der Waals surface area (Å²) in [6.45, 7) is 8.37. The van der Waals surface area contributed by atoms with Crippen molar-refractivity contribution in [2.24, 2.45) is 4.99 Å². The molecule has 2 heterocycles. The van der Waals surface area contributed by atoms with Crippen LogP contribution in [0.2, 0.25) is 0 Å². The van der Waals surface area contributed by atoms with Crippen molar-refractivity contribution in [3.63, 3.8) is 0 Å². The van der Waals surface area contributed by atoms with Crippen LogP contribution in [0.5, 0.6) is 0 Å². The molecule has 6 heteroatoms. The highest BCUT2D eigenvalue weighted by Crippen LogP contribution is 2.34. The highest BCUT2D eigenvalue weighted by molar-refractivity contribution is 6.08. The van der Waals surface area contributed by atoms with Crippen LogP contribution in [0, 0.1) is 6.92 Å². The van der Waals surface area contributed by atoms with Crippen molar-refractivity contribution in [1.82, 2.24) is 9.88 Å². The SMILES string of the molecule is Cc1cc(C2=NC(c3ccccc3)N(C(C)(C)C)C=C2)nc(-c2ccc(C(F)(F)F)cc2)c1. The fraction of sp³-hybridized carbons (Fsp3) is 0.259. The summed E-state index contributed by atoms with van der Waals surface area (Å²) < 4.78 is 38.8. The van der Waals surface area contributed by atoms with Gasteiger partial charge in [-0.2, -0.15) is 13.2 Å². The fourth-order valence-corrected chi connectivity index (χ4v) is 3.85. The molecule has 4 rings (SSSR count). The Labute approximate surface area is 192 Å². The summed E-state index contributed by atoms with van der Waals surface area (Å²) in [6.07, 6.45) is -0.579. The van der Waals surface area contributed by atoms with E-state index in [2.05, 4.69) is 37.8 Å². The molecule has 3 aromatic rings. The minimum Gasteiger partial charge on any atom is -0.347 e. The Bertz CT molecular complexity index is 1190. The molecular formula is C27H26F3N3. The Morgan fingerprint density at radius 3 is 2.09 bits per heavy atom. The van der Waals surface area contributed by atoms with Gasteiger partial charge in [0.2, 0.25) is 0 Å². The normalized spacial score (nSPS) is 16.6. The number of allylic oxidation sites excluding steroid dienone is 1. The van der Waals surface area contributed by atoms with E-state index in [1.165, 1.54) is 12.1 Å². The summed E-state index contributed by atoms with van der Waals surface area (Å²) in [4.78, 5) is 12.0. The molecule has 170 valence electrons. The van der Waals surface area contributed by atoms with Crippen molar-refractivity contribution in [1.29, 1.82) is 0 Å². The van der Waals surface area contributed by atoms with Gasteiger partial charge in [-0.25, -0.2) is 4.98 Å². The van der Waals surface area contributed by atoms with Crippen LogP contribution in [0.3, 0.4) is 0 Å². The Hall–Kier alpha value is -3.41. The number of pyridine rings is 1. The van der Waals surface area contributed by atoms with Crippen molar-refractivity contribution < 1.29 is 13.2 Å². The molecule has 1 atom stereocenters. The van der Waals surface area contributed by atoms with Gasteiger partial charge in [-0.15, -0.1) is 0 Å². The van der Waals surface area contributed by atoms with Gasteiger partial charge in [-0.1, -0.05) is 42.5 Å². The summed E-state index contributed by atoms with van der Waals surface area (Å²) in [5.74, 6) is 0. The van der Waals surface area contributed by atoms with Crippen molar-refractivity contribution in [3.05, 3.63) is 101 Å². The van der Waals surface area contributed by atoms with Crippen LogP contribution in [0.1, 0.15) is 49.3 Å². The Balaban J connectivity index is 1.74. The number of halogens is 3. The molecule has 0 spiro atoms. The monoisotopic (exact) mass is 449 g/mol. The van der Waals surface area contributed by atoms with E-state index in [4.69, 9.17) is 9.98 Å². The van der Waals surface area contributed by atoms with Crippen molar-refractivity contribution in [2.75, 3.05) is 0 Å².